The summed E-state index contributed by atoms with van der Waals surface area (Å²) in [4.78, 5) is 37.4. The van der Waals surface area contributed by atoms with E-state index in [2.05, 4.69) is 188 Å². The van der Waals surface area contributed by atoms with Crippen molar-refractivity contribution < 1.29 is 17.6 Å². The Balaban J connectivity index is 0.000000117. The minimum atomic E-state index is -0.206. The lowest BCUT2D eigenvalue weighted by atomic mass is 9.78. The van der Waals surface area contributed by atoms with Crippen LogP contribution in [0.5, 0.6) is 0 Å². The first kappa shape index (κ1) is 77.3. The van der Waals surface area contributed by atoms with Gasteiger partial charge in [-0.25, -0.2) is 57.4 Å². The van der Waals surface area contributed by atoms with Gasteiger partial charge >= 0.3 is 0 Å². The van der Waals surface area contributed by atoms with E-state index in [9.17, 15) is 17.6 Å². The van der Waals surface area contributed by atoms with Gasteiger partial charge in [0.25, 0.3) is 0 Å². The molecule has 4 aromatic heterocycles. The van der Waals surface area contributed by atoms with E-state index in [0.717, 1.165) is 138 Å². The maximum Gasteiger partial charge on any atom is 0.223 e. The lowest BCUT2D eigenvalue weighted by Crippen LogP contribution is -2.17. The second kappa shape index (κ2) is 35.4. The zero-order chi connectivity index (χ0) is 79.6. The fourth-order valence-electron chi connectivity index (χ4n) is 16.2. The molecule has 0 saturated heterocycles. The quantitative estimate of drug-likeness (QED) is 0.0643. The van der Waals surface area contributed by atoms with Crippen LogP contribution in [0.1, 0.15) is 129 Å². The number of aromatic nitrogens is 8. The molecule has 0 amide bonds. The molecule has 0 bridgehead atoms. The molecule has 578 valence electrons. The number of rotatable bonds is 17. The van der Waals surface area contributed by atoms with Crippen molar-refractivity contribution in [2.45, 2.75) is 90.0 Å². The van der Waals surface area contributed by atoms with Gasteiger partial charge in [0.15, 0.2) is 0 Å². The Hall–Kier alpha value is -12.6. The third-order valence-electron chi connectivity index (χ3n) is 21.9. The normalized spacial score (nSPS) is 15.0. The Bertz CT molecular complexity index is 6010. The van der Waals surface area contributed by atoms with Gasteiger partial charge < -0.3 is 21.3 Å². The predicted octanol–water partition coefficient (Wildman–Crippen LogP) is 23.2. The first-order chi connectivity index (χ1) is 56.7. The molecular weight excluding hydrogens is 1510 g/mol. The minimum absolute atomic E-state index is 0.0158. The Morgan fingerprint density at radius 1 is 0.336 bits per heavy atom. The van der Waals surface area contributed by atoms with Crippen LogP contribution in [0.2, 0.25) is 0 Å². The summed E-state index contributed by atoms with van der Waals surface area (Å²) in [6, 6.07) is 83.7. The number of fused-ring (bicyclic) bond motifs is 13. The third-order valence-corrected chi connectivity index (χ3v) is 22.7. The topological polar surface area (TPSA) is 151 Å². The van der Waals surface area contributed by atoms with Gasteiger partial charge in [-0.3, -0.25) is 0 Å². The molecule has 0 radical (unpaired) electrons. The average molecular weight is 1600 g/mol. The number of anilines is 4. The summed E-state index contributed by atoms with van der Waals surface area (Å²) in [5, 5.41) is 15.8. The van der Waals surface area contributed by atoms with Gasteiger partial charge in [0, 0.05) is 101 Å². The minimum Gasteiger partial charge on any atom is -0.354 e. The summed E-state index contributed by atoms with van der Waals surface area (Å²) in [5.41, 5.74) is 22.7. The van der Waals surface area contributed by atoms with Crippen LogP contribution < -0.4 is 21.3 Å². The zero-order valence-electron chi connectivity index (χ0n) is 64.9. The molecule has 12 nitrogen and oxygen atoms in total. The molecule has 11 aromatic carbocycles. The number of hydrogen-bond acceptors (Lipinski definition) is 12. The van der Waals surface area contributed by atoms with Crippen LogP contribution in [0.15, 0.2) is 290 Å². The summed E-state index contributed by atoms with van der Waals surface area (Å²) in [6.07, 6.45) is 11.3. The standard InChI is InChI=1S/C29H22FN3.C26H21BrFN3.2C22H22FN3/c30-27-15-6-5-13-24(27)26-16-21-18-32-29(33-28(21)25-14-4-3-12-23(25)26)31-17-20-10-7-9-19-8-1-2-11-22(19)20;27-23-11-5-1-7-17(23)13-14-29-26-30-16-18-15-22(20-9-4-6-12-24(20)28)19-8-2-3-10-21(19)25(18)31-26;1-14(2)12-24-22-25-13-15-11-19(17-8-5-6-10-20(17)23)16-7-3-4-9-18(16)21(15)26-22;1-14(2)12-24-22-25-13-16-11-20(15-7-9-17(23)10-8-15)18-5-3-4-6-19(18)21(16)26-22/h1-15,18,26H,16-17H2,(H,31,32,33);1-12,16,22H,13-15H2,(H,29,30,31);3-10,13-14,19H,11-12H2,1-2H3,(H,24,25,26);3-10,13-14,20H,11-12H2,1-2H3,(H,24,25,26). The second-order valence-electron chi connectivity index (χ2n) is 30.6. The molecule has 4 heterocycles. The smallest absolute Gasteiger partial charge is 0.223 e. The van der Waals surface area contributed by atoms with Gasteiger partial charge in [-0.2, -0.15) is 0 Å². The number of benzene rings is 11. The third kappa shape index (κ3) is 17.3. The average Bonchev–Trinajstić information content (AvgIpc) is 0.772. The molecule has 4 atom stereocenters. The molecular formula is C99H87BrF4N12. The van der Waals surface area contributed by atoms with Crippen molar-refractivity contribution in [2.24, 2.45) is 11.8 Å². The van der Waals surface area contributed by atoms with Gasteiger partial charge in [0.2, 0.25) is 23.8 Å². The molecule has 0 aliphatic heterocycles. The summed E-state index contributed by atoms with van der Waals surface area (Å²) in [7, 11) is 0. The van der Waals surface area contributed by atoms with Crippen molar-refractivity contribution >= 4 is 50.5 Å². The molecule has 17 heteroatoms. The first-order valence-corrected chi connectivity index (χ1v) is 40.5. The highest BCUT2D eigenvalue weighted by molar-refractivity contribution is 9.10. The Morgan fingerprint density at radius 2 is 0.672 bits per heavy atom. The Labute approximate surface area is 682 Å². The molecule has 0 spiro atoms. The molecule has 116 heavy (non-hydrogen) atoms. The van der Waals surface area contributed by atoms with Crippen molar-refractivity contribution in [3.05, 3.63) is 391 Å². The van der Waals surface area contributed by atoms with Crippen molar-refractivity contribution in [3.8, 4) is 45.0 Å². The van der Waals surface area contributed by atoms with E-state index in [1.54, 1.807) is 18.2 Å². The number of nitrogens with one attached hydrogen (secondary N) is 4. The van der Waals surface area contributed by atoms with E-state index in [4.69, 9.17) is 19.9 Å². The second-order valence-corrected chi connectivity index (χ2v) is 31.4. The molecule has 4 unspecified atom stereocenters. The van der Waals surface area contributed by atoms with E-state index >= 15 is 0 Å². The van der Waals surface area contributed by atoms with E-state index in [-0.39, 0.29) is 46.9 Å². The van der Waals surface area contributed by atoms with Crippen molar-refractivity contribution in [1.29, 1.82) is 0 Å². The molecule has 4 aliphatic carbocycles. The number of halogens is 5. The van der Waals surface area contributed by atoms with Gasteiger partial charge in [0.05, 0.1) is 22.8 Å². The lowest BCUT2D eigenvalue weighted by Gasteiger charge is -2.27. The van der Waals surface area contributed by atoms with Gasteiger partial charge in [-0.1, -0.05) is 268 Å². The fraction of sp³-hybridized carbons (Fsp3) is 0.192. The summed E-state index contributed by atoms with van der Waals surface area (Å²) < 4.78 is 58.1. The van der Waals surface area contributed by atoms with E-state index in [1.807, 2.05) is 134 Å². The molecule has 19 rings (SSSR count). The largest absolute Gasteiger partial charge is 0.354 e. The first-order valence-electron chi connectivity index (χ1n) is 39.7. The monoisotopic (exact) mass is 1600 g/mol. The van der Waals surface area contributed by atoms with Crippen molar-refractivity contribution in [2.75, 3.05) is 40.9 Å². The molecule has 4 N–H and O–H groups in total. The number of nitrogens with zero attached hydrogens (tertiary/aromatic N) is 8. The molecule has 15 aromatic rings. The highest BCUT2D eigenvalue weighted by atomic mass is 79.9. The maximum atomic E-state index is 14.6. The molecule has 4 aliphatic rings. The highest BCUT2D eigenvalue weighted by Crippen LogP contribution is 2.47. The van der Waals surface area contributed by atoms with Crippen LogP contribution in [0.25, 0.3) is 55.8 Å². The zero-order valence-corrected chi connectivity index (χ0v) is 66.5. The van der Waals surface area contributed by atoms with Gasteiger partial charge in [-0.05, 0) is 169 Å². The number of hydrogen-bond donors (Lipinski definition) is 4. The van der Waals surface area contributed by atoms with Crippen LogP contribution in [0, 0.1) is 35.1 Å². The van der Waals surface area contributed by atoms with Crippen LogP contribution in [-0.2, 0) is 38.6 Å². The fourth-order valence-corrected chi connectivity index (χ4v) is 16.7. The van der Waals surface area contributed by atoms with Crippen LogP contribution in [0.3, 0.4) is 0 Å². The molecule has 0 fully saturated rings. The SMILES string of the molecule is CC(C)CNc1ncc2c(n1)-c1ccccc1C(c1ccc(F)cc1)C2.CC(C)CNc1ncc2c(n1)-c1ccccc1C(c1ccccc1F)C2.Fc1ccccc1C1Cc2cnc(NCCc3ccccc3Br)nc2-c2ccccc21.Fc1ccccc1C1Cc2cnc(NCc3cccc4ccccc34)nc2-c2ccccc21. The summed E-state index contributed by atoms with van der Waals surface area (Å²) >= 11 is 3.59. The van der Waals surface area contributed by atoms with Crippen molar-refractivity contribution in [3.63, 3.8) is 0 Å². The van der Waals surface area contributed by atoms with Crippen LogP contribution in [-0.4, -0.2) is 59.5 Å². The molecule has 0 saturated carbocycles. The lowest BCUT2D eigenvalue weighted by molar-refractivity contribution is 0.593. The summed E-state index contributed by atoms with van der Waals surface area (Å²) in [6.45, 7) is 11.7. The highest BCUT2D eigenvalue weighted by Gasteiger charge is 2.34. The van der Waals surface area contributed by atoms with Crippen LogP contribution >= 0.6 is 15.9 Å². The van der Waals surface area contributed by atoms with Crippen LogP contribution in [0.4, 0.5) is 41.4 Å². The Morgan fingerprint density at radius 3 is 1.09 bits per heavy atom. The van der Waals surface area contributed by atoms with Gasteiger partial charge in [-0.15, -0.1) is 0 Å². The summed E-state index contributed by atoms with van der Waals surface area (Å²) in [5.74, 6) is 2.97. The van der Waals surface area contributed by atoms with Crippen molar-refractivity contribution in [1.82, 2.24) is 39.9 Å². The van der Waals surface area contributed by atoms with E-state index in [1.165, 1.54) is 57.8 Å². The van der Waals surface area contributed by atoms with E-state index in [0.29, 0.717) is 67.0 Å². The predicted molar refractivity (Wildman–Crippen MR) is 462 cm³/mol. The van der Waals surface area contributed by atoms with Gasteiger partial charge in [0.1, 0.15) is 23.3 Å². The van der Waals surface area contributed by atoms with E-state index < -0.39 is 0 Å². The maximum absolute atomic E-state index is 14.6. The Kier molecular flexibility index (Phi) is 23.6.